The van der Waals surface area contributed by atoms with Crippen LogP contribution in [-0.4, -0.2) is 42.1 Å². The van der Waals surface area contributed by atoms with Gasteiger partial charge in [0.25, 0.3) is 5.91 Å². The second-order valence-electron chi connectivity index (χ2n) is 5.63. The molecule has 1 aromatic heterocycles. The van der Waals surface area contributed by atoms with Crippen LogP contribution in [0.15, 0.2) is 36.7 Å². The smallest absolute Gasteiger partial charge is 0.255 e. The van der Waals surface area contributed by atoms with Gasteiger partial charge in [0.05, 0.1) is 12.7 Å². The number of anilines is 1. The molecule has 0 atom stereocenters. The van der Waals surface area contributed by atoms with Gasteiger partial charge in [-0.1, -0.05) is 11.6 Å². The molecule has 1 amide bonds. The number of nitrogens with zero attached hydrogens (tertiary/aromatic N) is 3. The second kappa shape index (κ2) is 7.49. The van der Waals surface area contributed by atoms with Crippen LogP contribution >= 0.6 is 11.6 Å². The molecule has 0 aliphatic carbocycles. The molecular weight excluding hydrogens is 328 g/mol. The number of nitrogens with one attached hydrogen (secondary N) is 1. The number of ether oxygens (including phenoxy) is 1. The van der Waals surface area contributed by atoms with Crippen molar-refractivity contribution in [1.82, 2.24) is 15.3 Å². The topological polar surface area (TPSA) is 67.3 Å². The van der Waals surface area contributed by atoms with Crippen LogP contribution < -0.4 is 15.0 Å². The first-order valence-electron chi connectivity index (χ1n) is 7.84. The normalized spacial score (nSPS) is 15.2. The summed E-state index contributed by atoms with van der Waals surface area (Å²) in [6.07, 6.45) is 5.16. The van der Waals surface area contributed by atoms with Crippen LogP contribution in [-0.2, 0) is 0 Å². The monoisotopic (exact) mass is 346 g/mol. The standard InChI is InChI=1S/C17H19ClN4O2/c1-24-15-4-3-12(18)11-14(15)16(23)21-13-5-9-22(10-6-13)17-19-7-2-8-20-17/h2-4,7-8,11,13H,5-6,9-10H2,1H3,(H,21,23). The number of aromatic nitrogens is 2. The van der Waals surface area contributed by atoms with Gasteiger partial charge in [-0.15, -0.1) is 0 Å². The zero-order chi connectivity index (χ0) is 16.9. The van der Waals surface area contributed by atoms with E-state index >= 15 is 0 Å². The van der Waals surface area contributed by atoms with E-state index in [1.54, 1.807) is 43.8 Å². The van der Waals surface area contributed by atoms with Crippen LogP contribution in [0.5, 0.6) is 5.75 Å². The van der Waals surface area contributed by atoms with Gasteiger partial charge in [-0.25, -0.2) is 9.97 Å². The van der Waals surface area contributed by atoms with Crippen LogP contribution in [0.1, 0.15) is 23.2 Å². The predicted molar refractivity (Wildman–Crippen MR) is 92.7 cm³/mol. The van der Waals surface area contributed by atoms with Gasteiger partial charge in [0.15, 0.2) is 0 Å². The zero-order valence-corrected chi connectivity index (χ0v) is 14.2. The Hall–Kier alpha value is -2.34. The minimum Gasteiger partial charge on any atom is -0.496 e. The molecule has 6 nitrogen and oxygen atoms in total. The van der Waals surface area contributed by atoms with Gasteiger partial charge in [-0.2, -0.15) is 0 Å². The summed E-state index contributed by atoms with van der Waals surface area (Å²) in [7, 11) is 1.54. The average Bonchev–Trinajstić information content (AvgIpc) is 2.63. The maximum Gasteiger partial charge on any atom is 0.255 e. The van der Waals surface area contributed by atoms with Crippen molar-refractivity contribution in [1.29, 1.82) is 0 Å². The molecule has 0 saturated carbocycles. The highest BCUT2D eigenvalue weighted by Gasteiger charge is 2.23. The van der Waals surface area contributed by atoms with Gasteiger partial charge < -0.3 is 15.0 Å². The summed E-state index contributed by atoms with van der Waals surface area (Å²) in [6, 6.07) is 6.95. The highest BCUT2D eigenvalue weighted by Crippen LogP contribution is 2.23. The van der Waals surface area contributed by atoms with Gasteiger partial charge in [-0.3, -0.25) is 4.79 Å². The van der Waals surface area contributed by atoms with E-state index in [2.05, 4.69) is 20.2 Å². The van der Waals surface area contributed by atoms with Crippen molar-refractivity contribution in [2.75, 3.05) is 25.1 Å². The highest BCUT2D eigenvalue weighted by atomic mass is 35.5. The van der Waals surface area contributed by atoms with E-state index in [0.29, 0.717) is 16.3 Å². The molecule has 0 spiro atoms. The number of rotatable bonds is 4. The Kier molecular flexibility index (Phi) is 5.15. The Labute approximate surface area is 145 Å². The zero-order valence-electron chi connectivity index (χ0n) is 13.4. The summed E-state index contributed by atoms with van der Waals surface area (Å²) in [5.74, 6) is 1.09. The van der Waals surface area contributed by atoms with Crippen LogP contribution in [0.2, 0.25) is 5.02 Å². The molecule has 3 rings (SSSR count). The highest BCUT2D eigenvalue weighted by molar-refractivity contribution is 6.31. The Balaban J connectivity index is 1.60. The maximum atomic E-state index is 12.5. The first kappa shape index (κ1) is 16.5. The average molecular weight is 347 g/mol. The molecule has 2 heterocycles. The molecule has 1 aromatic carbocycles. The molecule has 0 radical (unpaired) electrons. The summed E-state index contributed by atoms with van der Waals surface area (Å²) in [6.45, 7) is 1.61. The molecule has 1 aliphatic heterocycles. The minimum absolute atomic E-state index is 0.112. The van der Waals surface area contributed by atoms with E-state index in [9.17, 15) is 4.79 Å². The van der Waals surface area contributed by atoms with Crippen LogP contribution in [0.3, 0.4) is 0 Å². The third kappa shape index (κ3) is 3.76. The molecule has 24 heavy (non-hydrogen) atoms. The maximum absolute atomic E-state index is 12.5. The van der Waals surface area contributed by atoms with Crippen LogP contribution in [0.25, 0.3) is 0 Å². The summed E-state index contributed by atoms with van der Waals surface area (Å²) >= 11 is 5.99. The summed E-state index contributed by atoms with van der Waals surface area (Å²) in [5, 5.41) is 3.58. The number of piperidine rings is 1. The first-order chi connectivity index (χ1) is 11.7. The number of benzene rings is 1. The lowest BCUT2D eigenvalue weighted by atomic mass is 10.0. The van der Waals surface area contributed by atoms with Crippen molar-refractivity contribution in [2.45, 2.75) is 18.9 Å². The van der Waals surface area contributed by atoms with Crippen molar-refractivity contribution in [2.24, 2.45) is 0 Å². The van der Waals surface area contributed by atoms with E-state index in [0.717, 1.165) is 31.9 Å². The van der Waals surface area contributed by atoms with Crippen molar-refractivity contribution >= 4 is 23.5 Å². The molecule has 1 fully saturated rings. The second-order valence-corrected chi connectivity index (χ2v) is 6.06. The largest absolute Gasteiger partial charge is 0.496 e. The molecule has 126 valence electrons. The van der Waals surface area contributed by atoms with Gasteiger partial charge in [0, 0.05) is 36.5 Å². The molecule has 1 aliphatic rings. The van der Waals surface area contributed by atoms with Crippen molar-refractivity contribution < 1.29 is 9.53 Å². The Morgan fingerprint density at radius 2 is 2.00 bits per heavy atom. The number of amides is 1. The fourth-order valence-electron chi connectivity index (χ4n) is 2.80. The van der Waals surface area contributed by atoms with Crippen molar-refractivity contribution in [3.63, 3.8) is 0 Å². The third-order valence-electron chi connectivity index (χ3n) is 4.07. The lowest BCUT2D eigenvalue weighted by molar-refractivity contribution is 0.0928. The lowest BCUT2D eigenvalue weighted by Crippen LogP contribution is -2.45. The first-order valence-corrected chi connectivity index (χ1v) is 8.21. The Morgan fingerprint density at radius 3 is 2.67 bits per heavy atom. The molecule has 7 heteroatoms. The van der Waals surface area contributed by atoms with Crippen LogP contribution in [0.4, 0.5) is 5.95 Å². The third-order valence-corrected chi connectivity index (χ3v) is 4.31. The van der Waals surface area contributed by atoms with E-state index in [4.69, 9.17) is 16.3 Å². The SMILES string of the molecule is COc1ccc(Cl)cc1C(=O)NC1CCN(c2ncccn2)CC1. The molecule has 0 bridgehead atoms. The minimum atomic E-state index is -0.163. The number of methoxy groups -OCH3 is 1. The van der Waals surface area contributed by atoms with E-state index < -0.39 is 0 Å². The molecule has 0 unspecified atom stereocenters. The Bertz CT molecular complexity index is 703. The van der Waals surface area contributed by atoms with Gasteiger partial charge >= 0.3 is 0 Å². The number of hydrogen-bond acceptors (Lipinski definition) is 5. The predicted octanol–water partition coefficient (Wildman–Crippen LogP) is 2.54. The Morgan fingerprint density at radius 1 is 1.29 bits per heavy atom. The summed E-state index contributed by atoms with van der Waals surface area (Å²) in [4.78, 5) is 23.2. The van der Waals surface area contributed by atoms with Gasteiger partial charge in [0.1, 0.15) is 5.75 Å². The summed E-state index contributed by atoms with van der Waals surface area (Å²) in [5.41, 5.74) is 0.457. The number of carbonyl (C=O) groups is 1. The molecule has 1 saturated heterocycles. The van der Waals surface area contributed by atoms with E-state index in [1.807, 2.05) is 0 Å². The number of halogens is 1. The summed E-state index contributed by atoms with van der Waals surface area (Å²) < 4.78 is 5.24. The molecular formula is C17H19ClN4O2. The fourth-order valence-corrected chi connectivity index (χ4v) is 2.97. The molecule has 1 N–H and O–H groups in total. The van der Waals surface area contributed by atoms with Gasteiger partial charge in [0.2, 0.25) is 5.95 Å². The molecule has 2 aromatic rings. The number of carbonyl (C=O) groups excluding carboxylic acids is 1. The number of hydrogen-bond donors (Lipinski definition) is 1. The van der Waals surface area contributed by atoms with Gasteiger partial charge in [-0.05, 0) is 37.1 Å². The van der Waals surface area contributed by atoms with E-state index in [1.165, 1.54) is 0 Å². The van der Waals surface area contributed by atoms with Crippen molar-refractivity contribution in [3.05, 3.63) is 47.2 Å². The lowest BCUT2D eigenvalue weighted by Gasteiger charge is -2.32. The fraction of sp³-hybridized carbons (Fsp3) is 0.353. The van der Waals surface area contributed by atoms with Crippen molar-refractivity contribution in [3.8, 4) is 5.75 Å². The van der Waals surface area contributed by atoms with E-state index in [-0.39, 0.29) is 11.9 Å². The quantitative estimate of drug-likeness (QED) is 0.921. The van der Waals surface area contributed by atoms with Crippen LogP contribution in [0, 0.1) is 0 Å².